The average molecular weight is 224 g/mol. The van der Waals surface area contributed by atoms with E-state index >= 15 is 0 Å². The van der Waals surface area contributed by atoms with E-state index in [1.54, 1.807) is 6.33 Å². The summed E-state index contributed by atoms with van der Waals surface area (Å²) in [5.41, 5.74) is 0. The maximum absolute atomic E-state index is 4.35. The smallest absolute Gasteiger partial charge is 0.138 e. The molecule has 1 aromatic rings. The van der Waals surface area contributed by atoms with Crippen molar-refractivity contribution in [3.05, 3.63) is 12.2 Å². The molecule has 16 heavy (non-hydrogen) atoms. The lowest BCUT2D eigenvalue weighted by Gasteiger charge is -2.16. The second kappa shape index (κ2) is 7.39. The van der Waals surface area contributed by atoms with Crippen molar-refractivity contribution in [2.75, 3.05) is 6.54 Å². The van der Waals surface area contributed by atoms with Gasteiger partial charge in [-0.1, -0.05) is 27.2 Å². The van der Waals surface area contributed by atoms with Gasteiger partial charge in [0.1, 0.15) is 12.2 Å². The summed E-state index contributed by atoms with van der Waals surface area (Å²) >= 11 is 0. The molecule has 0 saturated heterocycles. The SMILES string of the molecule is CCCC(Cc1ncnn1CCC)NCC. The predicted octanol–water partition coefficient (Wildman–Crippen LogP) is 2.01. The fraction of sp³-hybridized carbons (Fsp3) is 0.833. The fourth-order valence-corrected chi connectivity index (χ4v) is 1.98. The normalized spacial score (nSPS) is 12.9. The van der Waals surface area contributed by atoms with E-state index in [2.05, 4.69) is 36.2 Å². The molecule has 0 radical (unpaired) electrons. The lowest BCUT2D eigenvalue weighted by molar-refractivity contribution is 0.457. The van der Waals surface area contributed by atoms with Gasteiger partial charge in [-0.2, -0.15) is 5.10 Å². The first-order valence-corrected chi connectivity index (χ1v) is 6.41. The molecule has 0 aliphatic heterocycles. The number of nitrogens with zero attached hydrogens (tertiary/aromatic N) is 3. The second-order valence-corrected chi connectivity index (χ2v) is 4.15. The van der Waals surface area contributed by atoms with Crippen molar-refractivity contribution in [1.82, 2.24) is 20.1 Å². The molecular formula is C12H24N4. The Bertz CT molecular complexity index is 276. The predicted molar refractivity (Wildman–Crippen MR) is 66.4 cm³/mol. The van der Waals surface area contributed by atoms with Gasteiger partial charge in [-0.25, -0.2) is 4.98 Å². The number of aromatic nitrogens is 3. The van der Waals surface area contributed by atoms with Crippen molar-refractivity contribution in [3.8, 4) is 0 Å². The van der Waals surface area contributed by atoms with E-state index in [4.69, 9.17) is 0 Å². The van der Waals surface area contributed by atoms with Gasteiger partial charge in [-0.05, 0) is 19.4 Å². The molecule has 1 atom stereocenters. The van der Waals surface area contributed by atoms with Crippen molar-refractivity contribution >= 4 is 0 Å². The molecule has 92 valence electrons. The van der Waals surface area contributed by atoms with Gasteiger partial charge >= 0.3 is 0 Å². The first kappa shape index (κ1) is 13.2. The summed E-state index contributed by atoms with van der Waals surface area (Å²) in [5, 5.41) is 7.77. The molecule has 0 aromatic carbocycles. The summed E-state index contributed by atoms with van der Waals surface area (Å²) in [6.45, 7) is 8.53. The van der Waals surface area contributed by atoms with Crippen LogP contribution in [0.2, 0.25) is 0 Å². The van der Waals surface area contributed by atoms with E-state index in [-0.39, 0.29) is 0 Å². The third-order valence-electron chi connectivity index (χ3n) is 2.69. The molecular weight excluding hydrogens is 200 g/mol. The van der Waals surface area contributed by atoms with E-state index in [9.17, 15) is 0 Å². The number of nitrogens with one attached hydrogen (secondary N) is 1. The summed E-state index contributed by atoms with van der Waals surface area (Å²) in [7, 11) is 0. The zero-order chi connectivity index (χ0) is 11.8. The zero-order valence-electron chi connectivity index (χ0n) is 10.7. The van der Waals surface area contributed by atoms with E-state index in [1.165, 1.54) is 12.8 Å². The maximum atomic E-state index is 4.35. The molecule has 1 unspecified atom stereocenters. The van der Waals surface area contributed by atoms with Gasteiger partial charge in [0.05, 0.1) is 0 Å². The molecule has 0 bridgehead atoms. The van der Waals surface area contributed by atoms with Crippen LogP contribution in [-0.4, -0.2) is 27.4 Å². The van der Waals surface area contributed by atoms with E-state index in [1.807, 2.05) is 4.68 Å². The molecule has 1 rings (SSSR count). The third-order valence-corrected chi connectivity index (χ3v) is 2.69. The molecule has 4 nitrogen and oxygen atoms in total. The Morgan fingerprint density at radius 3 is 2.75 bits per heavy atom. The molecule has 0 spiro atoms. The molecule has 0 amide bonds. The minimum atomic E-state index is 0.537. The molecule has 1 N–H and O–H groups in total. The summed E-state index contributed by atoms with van der Waals surface area (Å²) in [5.74, 6) is 1.11. The van der Waals surface area contributed by atoms with Crippen molar-refractivity contribution in [2.45, 2.75) is 59.0 Å². The van der Waals surface area contributed by atoms with E-state index < -0.39 is 0 Å². The zero-order valence-corrected chi connectivity index (χ0v) is 10.7. The summed E-state index contributed by atoms with van der Waals surface area (Å²) in [4.78, 5) is 4.35. The van der Waals surface area contributed by atoms with Crippen molar-refractivity contribution in [2.24, 2.45) is 0 Å². The molecule has 0 fully saturated rings. The second-order valence-electron chi connectivity index (χ2n) is 4.15. The van der Waals surface area contributed by atoms with Crippen molar-refractivity contribution in [1.29, 1.82) is 0 Å². The van der Waals surface area contributed by atoms with Crippen LogP contribution in [0.4, 0.5) is 0 Å². The monoisotopic (exact) mass is 224 g/mol. The third kappa shape index (κ3) is 3.93. The molecule has 0 aliphatic rings. The van der Waals surface area contributed by atoms with Crippen LogP contribution in [0.3, 0.4) is 0 Å². The standard InChI is InChI=1S/C12H24N4/c1-4-7-11(13-6-3)9-12-14-10-15-16(12)8-5-2/h10-11,13H,4-9H2,1-3H3. The van der Waals surface area contributed by atoms with Gasteiger partial charge in [-0.3, -0.25) is 4.68 Å². The van der Waals surface area contributed by atoms with Crippen LogP contribution in [0.25, 0.3) is 0 Å². The Hall–Kier alpha value is -0.900. The largest absolute Gasteiger partial charge is 0.314 e. The van der Waals surface area contributed by atoms with E-state index in [0.717, 1.165) is 31.8 Å². The minimum absolute atomic E-state index is 0.537. The van der Waals surface area contributed by atoms with E-state index in [0.29, 0.717) is 6.04 Å². The first-order valence-electron chi connectivity index (χ1n) is 6.41. The lowest BCUT2D eigenvalue weighted by Crippen LogP contribution is -2.32. The van der Waals surface area contributed by atoms with Crippen molar-refractivity contribution in [3.63, 3.8) is 0 Å². The van der Waals surface area contributed by atoms with Gasteiger partial charge in [0.2, 0.25) is 0 Å². The Labute approximate surface area is 98.5 Å². The number of likely N-dealkylation sites (N-methyl/N-ethyl adjacent to an activating group) is 1. The van der Waals surface area contributed by atoms with Gasteiger partial charge < -0.3 is 5.32 Å². The average Bonchev–Trinajstić information content (AvgIpc) is 2.67. The highest BCUT2D eigenvalue weighted by Gasteiger charge is 2.11. The molecule has 0 aliphatic carbocycles. The summed E-state index contributed by atoms with van der Waals surface area (Å²) in [6, 6.07) is 0.537. The number of rotatable bonds is 8. The Kier molecular flexibility index (Phi) is 6.08. The van der Waals surface area contributed by atoms with Crippen LogP contribution in [-0.2, 0) is 13.0 Å². The highest BCUT2D eigenvalue weighted by atomic mass is 15.3. The molecule has 4 heteroatoms. The molecule has 1 aromatic heterocycles. The number of hydrogen-bond donors (Lipinski definition) is 1. The number of hydrogen-bond acceptors (Lipinski definition) is 3. The minimum Gasteiger partial charge on any atom is -0.314 e. The number of aryl methyl sites for hydroxylation is 1. The molecule has 0 saturated carbocycles. The highest BCUT2D eigenvalue weighted by molar-refractivity contribution is 4.89. The highest BCUT2D eigenvalue weighted by Crippen LogP contribution is 2.05. The van der Waals surface area contributed by atoms with Crippen molar-refractivity contribution < 1.29 is 0 Å². The van der Waals surface area contributed by atoms with Gasteiger partial charge in [0, 0.05) is 19.0 Å². The van der Waals surface area contributed by atoms with Gasteiger partial charge in [0.25, 0.3) is 0 Å². The van der Waals surface area contributed by atoms with Crippen LogP contribution in [0.15, 0.2) is 6.33 Å². The fourth-order valence-electron chi connectivity index (χ4n) is 1.98. The quantitative estimate of drug-likeness (QED) is 0.734. The van der Waals surface area contributed by atoms with Gasteiger partial charge in [-0.15, -0.1) is 0 Å². The van der Waals surface area contributed by atoms with Crippen LogP contribution >= 0.6 is 0 Å². The maximum Gasteiger partial charge on any atom is 0.138 e. The summed E-state index contributed by atoms with van der Waals surface area (Å²) < 4.78 is 2.03. The van der Waals surface area contributed by atoms with Crippen LogP contribution in [0.1, 0.15) is 45.9 Å². The topological polar surface area (TPSA) is 42.7 Å². The first-order chi connectivity index (χ1) is 7.81. The Morgan fingerprint density at radius 2 is 2.12 bits per heavy atom. The summed E-state index contributed by atoms with van der Waals surface area (Å²) in [6.07, 6.45) is 6.17. The van der Waals surface area contributed by atoms with Crippen LogP contribution in [0.5, 0.6) is 0 Å². The molecule has 1 heterocycles. The Morgan fingerprint density at radius 1 is 1.31 bits per heavy atom. The van der Waals surface area contributed by atoms with Crippen LogP contribution in [0, 0.1) is 0 Å². The van der Waals surface area contributed by atoms with Gasteiger partial charge in [0.15, 0.2) is 0 Å². The van der Waals surface area contributed by atoms with Crippen LogP contribution < -0.4 is 5.32 Å². The Balaban J connectivity index is 2.57. The lowest BCUT2D eigenvalue weighted by atomic mass is 10.1.